The molecule has 84 valence electrons. The van der Waals surface area contributed by atoms with Crippen LogP contribution >= 0.6 is 0 Å². The van der Waals surface area contributed by atoms with Gasteiger partial charge < -0.3 is 9.53 Å². The fourth-order valence-corrected chi connectivity index (χ4v) is 2.82. The Bertz CT molecular complexity index is 272. The van der Waals surface area contributed by atoms with Crippen molar-refractivity contribution >= 4 is 11.8 Å². The average molecular weight is 210 g/mol. The van der Waals surface area contributed by atoms with Gasteiger partial charge in [0.2, 0.25) is 0 Å². The van der Waals surface area contributed by atoms with Gasteiger partial charge in [0.25, 0.3) is 0 Å². The van der Waals surface area contributed by atoms with Crippen LogP contribution in [-0.2, 0) is 14.3 Å². The molecule has 1 saturated carbocycles. The Morgan fingerprint density at radius 1 is 1.40 bits per heavy atom. The molecule has 1 aliphatic heterocycles. The Morgan fingerprint density at radius 3 is 2.87 bits per heavy atom. The smallest absolute Gasteiger partial charge is 0.309 e. The van der Waals surface area contributed by atoms with E-state index in [0.717, 1.165) is 19.3 Å². The minimum Gasteiger partial charge on any atom is -0.462 e. The number of hydrogen-bond acceptors (Lipinski definition) is 3. The average Bonchev–Trinajstić information content (AvgIpc) is 2.18. The van der Waals surface area contributed by atoms with Crippen molar-refractivity contribution in [2.75, 3.05) is 0 Å². The molecule has 0 N–H and O–H groups in total. The van der Waals surface area contributed by atoms with Crippen molar-refractivity contribution in [2.45, 2.75) is 51.6 Å². The predicted molar refractivity (Wildman–Crippen MR) is 55.2 cm³/mol. The molecule has 3 nitrogen and oxygen atoms in total. The third-order valence-electron chi connectivity index (χ3n) is 3.56. The van der Waals surface area contributed by atoms with E-state index in [2.05, 4.69) is 0 Å². The van der Waals surface area contributed by atoms with Crippen LogP contribution in [0.3, 0.4) is 0 Å². The monoisotopic (exact) mass is 210 g/mol. The van der Waals surface area contributed by atoms with Crippen molar-refractivity contribution in [3.63, 3.8) is 0 Å². The Hall–Kier alpha value is -0.860. The van der Waals surface area contributed by atoms with Crippen LogP contribution in [0.4, 0.5) is 0 Å². The summed E-state index contributed by atoms with van der Waals surface area (Å²) in [6, 6.07) is 0. The highest BCUT2D eigenvalue weighted by molar-refractivity contribution is 5.83. The molecule has 2 fully saturated rings. The molecule has 1 aliphatic carbocycles. The lowest BCUT2D eigenvalue weighted by Gasteiger charge is -2.38. The quantitative estimate of drug-likeness (QED) is 0.655. The van der Waals surface area contributed by atoms with E-state index in [1.807, 2.05) is 0 Å². The van der Waals surface area contributed by atoms with E-state index in [-0.39, 0.29) is 23.8 Å². The molecule has 3 heteroatoms. The van der Waals surface area contributed by atoms with Crippen molar-refractivity contribution in [3.05, 3.63) is 0 Å². The third-order valence-corrected chi connectivity index (χ3v) is 3.56. The number of carbonyl (C=O) groups excluding carboxylic acids is 2. The van der Waals surface area contributed by atoms with Crippen LogP contribution < -0.4 is 0 Å². The Kier molecular flexibility index (Phi) is 3.08. The predicted octanol–water partition coefficient (Wildman–Crippen LogP) is 2.09. The number of Topliss-reactive ketones (excluding diaryl/α,β-unsaturated/α-hetero) is 1. The Balaban J connectivity index is 1.98. The van der Waals surface area contributed by atoms with Gasteiger partial charge in [-0.1, -0.05) is 6.42 Å². The van der Waals surface area contributed by atoms with Gasteiger partial charge in [-0.2, -0.15) is 0 Å². The minimum absolute atomic E-state index is 0.0891. The number of rotatable bonds is 2. The van der Waals surface area contributed by atoms with Crippen LogP contribution in [-0.4, -0.2) is 17.9 Å². The fourth-order valence-electron chi connectivity index (χ4n) is 2.82. The summed E-state index contributed by atoms with van der Waals surface area (Å²) >= 11 is 0. The maximum absolute atomic E-state index is 11.6. The molecule has 1 saturated heterocycles. The summed E-state index contributed by atoms with van der Waals surface area (Å²) in [5.74, 6) is 0.294. The largest absolute Gasteiger partial charge is 0.462 e. The lowest BCUT2D eigenvalue weighted by molar-refractivity contribution is -0.169. The number of ketones is 1. The highest BCUT2D eigenvalue weighted by Gasteiger charge is 2.38. The van der Waals surface area contributed by atoms with Crippen LogP contribution in [0.5, 0.6) is 0 Å². The second kappa shape index (κ2) is 4.33. The van der Waals surface area contributed by atoms with Gasteiger partial charge in [0.15, 0.2) is 0 Å². The summed E-state index contributed by atoms with van der Waals surface area (Å²) in [5.41, 5.74) is 0. The van der Waals surface area contributed by atoms with Crippen LogP contribution in [0, 0.1) is 11.8 Å². The van der Waals surface area contributed by atoms with Gasteiger partial charge in [-0.25, -0.2) is 0 Å². The molecule has 15 heavy (non-hydrogen) atoms. The number of ether oxygens (including phenoxy) is 1. The zero-order chi connectivity index (χ0) is 10.8. The van der Waals surface area contributed by atoms with Crippen molar-refractivity contribution in [2.24, 2.45) is 11.8 Å². The van der Waals surface area contributed by atoms with Crippen molar-refractivity contribution < 1.29 is 14.3 Å². The summed E-state index contributed by atoms with van der Waals surface area (Å²) in [6.45, 7) is 1.54. The van der Waals surface area contributed by atoms with Gasteiger partial charge in [-0.3, -0.25) is 4.79 Å². The Labute approximate surface area is 90.2 Å². The van der Waals surface area contributed by atoms with Crippen LogP contribution in [0.15, 0.2) is 0 Å². The molecule has 0 radical (unpaired) electrons. The highest BCUT2D eigenvalue weighted by Crippen LogP contribution is 2.37. The first kappa shape index (κ1) is 10.7. The number of esters is 1. The van der Waals surface area contributed by atoms with E-state index in [4.69, 9.17) is 4.74 Å². The van der Waals surface area contributed by atoms with Crippen molar-refractivity contribution in [1.82, 2.24) is 0 Å². The number of carbonyl (C=O) groups is 2. The SMILES string of the molecule is CC(=O)CC1CC2CCCCC2OC1=O. The number of hydrogen-bond donors (Lipinski definition) is 0. The minimum atomic E-state index is -0.165. The standard InChI is InChI=1S/C12H18O3/c1-8(13)6-10-7-9-4-2-3-5-11(9)15-12(10)14/h9-11H,2-7H2,1H3. The van der Waals surface area contributed by atoms with Gasteiger partial charge in [0, 0.05) is 6.42 Å². The molecule has 0 spiro atoms. The maximum Gasteiger partial charge on any atom is 0.309 e. The summed E-state index contributed by atoms with van der Waals surface area (Å²) in [6.07, 6.45) is 5.97. The zero-order valence-electron chi connectivity index (χ0n) is 9.20. The van der Waals surface area contributed by atoms with Crippen molar-refractivity contribution in [1.29, 1.82) is 0 Å². The van der Waals surface area contributed by atoms with E-state index in [9.17, 15) is 9.59 Å². The van der Waals surface area contributed by atoms with E-state index in [1.54, 1.807) is 6.92 Å². The molecule has 0 amide bonds. The van der Waals surface area contributed by atoms with E-state index < -0.39 is 0 Å². The molecule has 0 aromatic rings. The molecule has 0 aromatic carbocycles. The van der Waals surface area contributed by atoms with Crippen LogP contribution in [0.2, 0.25) is 0 Å². The number of fused-ring (bicyclic) bond motifs is 1. The maximum atomic E-state index is 11.6. The molecular weight excluding hydrogens is 192 g/mol. The van der Waals surface area contributed by atoms with Gasteiger partial charge in [0.05, 0.1) is 5.92 Å². The zero-order valence-corrected chi connectivity index (χ0v) is 9.20. The summed E-state index contributed by atoms with van der Waals surface area (Å²) in [7, 11) is 0. The lowest BCUT2D eigenvalue weighted by atomic mass is 9.77. The normalized spacial score (nSPS) is 35.5. The molecular formula is C12H18O3. The van der Waals surface area contributed by atoms with E-state index in [1.165, 1.54) is 12.8 Å². The summed E-state index contributed by atoms with van der Waals surface area (Å²) in [4.78, 5) is 22.6. The summed E-state index contributed by atoms with van der Waals surface area (Å²) in [5, 5.41) is 0. The first-order valence-electron chi connectivity index (χ1n) is 5.86. The second-order valence-corrected chi connectivity index (χ2v) is 4.86. The molecule has 2 aliphatic rings. The first-order valence-corrected chi connectivity index (χ1v) is 5.86. The van der Waals surface area contributed by atoms with Gasteiger partial charge >= 0.3 is 5.97 Å². The lowest BCUT2D eigenvalue weighted by Crippen LogP contribution is -2.40. The fraction of sp³-hybridized carbons (Fsp3) is 0.833. The van der Waals surface area contributed by atoms with E-state index >= 15 is 0 Å². The molecule has 2 rings (SSSR count). The topological polar surface area (TPSA) is 43.4 Å². The molecule has 3 unspecified atom stereocenters. The van der Waals surface area contributed by atoms with Crippen LogP contribution in [0.25, 0.3) is 0 Å². The molecule has 1 heterocycles. The van der Waals surface area contributed by atoms with Gasteiger partial charge in [0.1, 0.15) is 11.9 Å². The molecule has 0 bridgehead atoms. The second-order valence-electron chi connectivity index (χ2n) is 4.86. The molecule has 0 aromatic heterocycles. The van der Waals surface area contributed by atoms with E-state index in [0.29, 0.717) is 12.3 Å². The van der Waals surface area contributed by atoms with Gasteiger partial charge in [-0.15, -0.1) is 0 Å². The third kappa shape index (κ3) is 2.39. The first-order chi connectivity index (χ1) is 7.16. The van der Waals surface area contributed by atoms with Gasteiger partial charge in [-0.05, 0) is 38.5 Å². The van der Waals surface area contributed by atoms with Crippen LogP contribution in [0.1, 0.15) is 45.4 Å². The highest BCUT2D eigenvalue weighted by atomic mass is 16.5. The molecule has 3 atom stereocenters. The summed E-state index contributed by atoms with van der Waals surface area (Å²) < 4.78 is 5.41. The van der Waals surface area contributed by atoms with Crippen molar-refractivity contribution in [3.8, 4) is 0 Å². The Morgan fingerprint density at radius 2 is 2.13 bits per heavy atom.